The molecule has 0 radical (unpaired) electrons. The molecular weight excluding hydrogens is 727 g/mol. The highest BCUT2D eigenvalue weighted by Gasteiger charge is 2.16. The fraction of sp³-hybridized carbons (Fsp3) is 0.160. The number of hydrogen-bond donors (Lipinski definition) is 0. The summed E-state index contributed by atoms with van der Waals surface area (Å²) in [6.07, 6.45) is 12.0. The van der Waals surface area contributed by atoms with Crippen molar-refractivity contribution in [2.45, 2.75) is 50.6 Å². The van der Waals surface area contributed by atoms with E-state index in [1.807, 2.05) is 43.1 Å². The van der Waals surface area contributed by atoms with Crippen molar-refractivity contribution in [1.29, 1.82) is 0 Å². The quantitative estimate of drug-likeness (QED) is 0.110. The van der Waals surface area contributed by atoms with E-state index < -0.39 is 0 Å². The average Bonchev–Trinajstić information content (AvgIpc) is 3.90. The number of aryl methyl sites for hydroxylation is 2. The molecule has 0 saturated carbocycles. The molecule has 0 amide bonds. The minimum absolute atomic E-state index is 0.376. The summed E-state index contributed by atoms with van der Waals surface area (Å²) in [4.78, 5) is 9.02. The molecule has 0 spiro atoms. The van der Waals surface area contributed by atoms with Crippen LogP contribution in [0.5, 0.6) is 0 Å². The Kier molecular flexibility index (Phi) is 13.6. The van der Waals surface area contributed by atoms with Gasteiger partial charge in [-0.25, -0.2) is 9.97 Å². The molecule has 0 atom stereocenters. The van der Waals surface area contributed by atoms with Crippen LogP contribution in [0.3, 0.4) is 0 Å². The standard InChI is InChI=1S/2C25H23ClN2/c26-23-13-11-20(12-14-23)18-28-19-27-17-24(28)15-16-25(21-7-3-1-4-8-21)22-9-5-2-6-10-22;26-23-13-11-20(12-14-23)17-28-18-24(27-19-28)15-16-25(21-7-3-1-4-8-21)22-9-5-2-6-10-22/h1-14,17,19,25H,15-16,18H2;1-14,18-19,25H,15-17H2. The normalized spacial score (nSPS) is 11.1. The summed E-state index contributed by atoms with van der Waals surface area (Å²) in [7, 11) is 0. The van der Waals surface area contributed by atoms with Gasteiger partial charge in [-0.05, 0) is 83.3 Å². The summed E-state index contributed by atoms with van der Waals surface area (Å²) >= 11 is 12.0. The zero-order valence-electron chi connectivity index (χ0n) is 31.4. The number of aromatic nitrogens is 4. The lowest BCUT2D eigenvalue weighted by Gasteiger charge is -2.18. The molecular formula is C50H46Cl2N4. The van der Waals surface area contributed by atoms with Crippen molar-refractivity contribution >= 4 is 23.2 Å². The lowest BCUT2D eigenvalue weighted by atomic mass is 9.87. The first kappa shape index (κ1) is 38.6. The molecule has 0 aliphatic carbocycles. The SMILES string of the molecule is Clc1ccc(Cn2cnc(CCC(c3ccccc3)c3ccccc3)c2)cc1.Clc1ccc(Cn2cncc2CCC(c2ccccc2)c2ccccc2)cc1. The molecule has 0 saturated heterocycles. The summed E-state index contributed by atoms with van der Waals surface area (Å²) in [5.74, 6) is 0.755. The van der Waals surface area contributed by atoms with Gasteiger partial charge in [-0.15, -0.1) is 0 Å². The lowest BCUT2D eigenvalue weighted by Crippen LogP contribution is -2.07. The van der Waals surface area contributed by atoms with Gasteiger partial charge in [0.05, 0.1) is 18.3 Å². The van der Waals surface area contributed by atoms with Crippen LogP contribution in [0.25, 0.3) is 0 Å². The van der Waals surface area contributed by atoms with Crippen LogP contribution in [0.4, 0.5) is 0 Å². The van der Waals surface area contributed by atoms with E-state index in [1.165, 1.54) is 39.1 Å². The van der Waals surface area contributed by atoms with Crippen LogP contribution >= 0.6 is 23.2 Å². The van der Waals surface area contributed by atoms with Crippen molar-refractivity contribution in [2.75, 3.05) is 0 Å². The van der Waals surface area contributed by atoms with Crippen molar-refractivity contribution in [3.63, 3.8) is 0 Å². The molecule has 8 rings (SSSR count). The van der Waals surface area contributed by atoms with Gasteiger partial charge in [0, 0.05) is 53.1 Å². The maximum absolute atomic E-state index is 6.01. The van der Waals surface area contributed by atoms with Gasteiger partial charge in [-0.2, -0.15) is 0 Å². The van der Waals surface area contributed by atoms with Gasteiger partial charge in [0.2, 0.25) is 0 Å². The number of rotatable bonds is 14. The van der Waals surface area contributed by atoms with Crippen molar-refractivity contribution in [1.82, 2.24) is 19.1 Å². The van der Waals surface area contributed by atoms with Crippen LogP contribution in [0.15, 0.2) is 195 Å². The van der Waals surface area contributed by atoms with E-state index in [0.29, 0.717) is 11.8 Å². The zero-order chi connectivity index (χ0) is 38.4. The summed E-state index contributed by atoms with van der Waals surface area (Å²) in [5.41, 5.74) is 10.3. The Hall–Kier alpha value is -5.68. The number of imidazole rings is 2. The summed E-state index contributed by atoms with van der Waals surface area (Å²) in [6.45, 7) is 1.62. The maximum Gasteiger partial charge on any atom is 0.0952 e. The van der Waals surface area contributed by atoms with Crippen molar-refractivity contribution in [3.8, 4) is 0 Å². The van der Waals surface area contributed by atoms with Crippen LogP contribution in [0.2, 0.25) is 10.0 Å². The smallest absolute Gasteiger partial charge is 0.0952 e. The first-order valence-electron chi connectivity index (χ1n) is 19.3. The summed E-state index contributed by atoms with van der Waals surface area (Å²) in [5, 5.41) is 1.53. The summed E-state index contributed by atoms with van der Waals surface area (Å²) < 4.78 is 4.37. The van der Waals surface area contributed by atoms with E-state index in [1.54, 1.807) is 0 Å². The molecule has 6 aromatic carbocycles. The lowest BCUT2D eigenvalue weighted by molar-refractivity contribution is 0.662. The molecule has 56 heavy (non-hydrogen) atoms. The van der Waals surface area contributed by atoms with Crippen molar-refractivity contribution in [2.24, 2.45) is 0 Å². The largest absolute Gasteiger partial charge is 0.333 e. The maximum atomic E-state index is 6.01. The zero-order valence-corrected chi connectivity index (χ0v) is 32.9. The number of hydrogen-bond acceptors (Lipinski definition) is 2. The Morgan fingerprint density at radius 2 is 0.893 bits per heavy atom. The molecule has 8 aromatic rings. The van der Waals surface area contributed by atoms with Crippen molar-refractivity contribution < 1.29 is 0 Å². The van der Waals surface area contributed by atoms with E-state index >= 15 is 0 Å². The summed E-state index contributed by atoms with van der Waals surface area (Å²) in [6, 6.07) is 59.0. The van der Waals surface area contributed by atoms with E-state index in [4.69, 9.17) is 23.2 Å². The molecule has 2 heterocycles. The predicted octanol–water partition coefficient (Wildman–Crippen LogP) is 12.7. The van der Waals surface area contributed by atoms with E-state index in [9.17, 15) is 0 Å². The molecule has 0 aliphatic rings. The highest BCUT2D eigenvalue weighted by Crippen LogP contribution is 2.30. The Morgan fingerprint density at radius 3 is 1.36 bits per heavy atom. The fourth-order valence-corrected chi connectivity index (χ4v) is 7.54. The van der Waals surface area contributed by atoms with Gasteiger partial charge >= 0.3 is 0 Å². The fourth-order valence-electron chi connectivity index (χ4n) is 7.29. The highest BCUT2D eigenvalue weighted by molar-refractivity contribution is 6.30. The number of benzene rings is 6. The van der Waals surface area contributed by atoms with Gasteiger partial charge < -0.3 is 9.13 Å². The Bertz CT molecular complexity index is 2240. The van der Waals surface area contributed by atoms with E-state index in [0.717, 1.165) is 54.5 Å². The second-order valence-corrected chi connectivity index (χ2v) is 15.0. The van der Waals surface area contributed by atoms with Gasteiger partial charge in [-0.3, -0.25) is 0 Å². The van der Waals surface area contributed by atoms with Crippen LogP contribution in [-0.4, -0.2) is 19.1 Å². The van der Waals surface area contributed by atoms with Crippen LogP contribution in [0, 0.1) is 0 Å². The molecule has 4 nitrogen and oxygen atoms in total. The number of halogens is 2. The minimum Gasteiger partial charge on any atom is -0.333 e. The number of nitrogens with zero attached hydrogens (tertiary/aromatic N) is 4. The van der Waals surface area contributed by atoms with Crippen LogP contribution < -0.4 is 0 Å². The first-order chi connectivity index (χ1) is 27.6. The average molecular weight is 774 g/mol. The second-order valence-electron chi connectivity index (χ2n) is 14.1. The third-order valence-corrected chi connectivity index (χ3v) is 10.7. The molecule has 280 valence electrons. The van der Waals surface area contributed by atoms with Crippen LogP contribution in [0.1, 0.15) is 69.4 Å². The molecule has 0 bridgehead atoms. The van der Waals surface area contributed by atoms with Gasteiger partial charge in [0.15, 0.2) is 0 Å². The topological polar surface area (TPSA) is 35.6 Å². The van der Waals surface area contributed by atoms with E-state index in [2.05, 4.69) is 171 Å². The third-order valence-electron chi connectivity index (χ3n) is 10.2. The molecule has 0 aliphatic heterocycles. The first-order valence-corrected chi connectivity index (χ1v) is 20.0. The minimum atomic E-state index is 0.376. The highest BCUT2D eigenvalue weighted by atomic mass is 35.5. The van der Waals surface area contributed by atoms with Crippen LogP contribution in [-0.2, 0) is 25.9 Å². The third kappa shape index (κ3) is 11.0. The Morgan fingerprint density at radius 1 is 0.464 bits per heavy atom. The van der Waals surface area contributed by atoms with Gasteiger partial charge in [0.25, 0.3) is 0 Å². The molecule has 0 N–H and O–H groups in total. The second kappa shape index (κ2) is 19.8. The monoisotopic (exact) mass is 772 g/mol. The van der Waals surface area contributed by atoms with E-state index in [-0.39, 0.29) is 0 Å². The van der Waals surface area contributed by atoms with Crippen molar-refractivity contribution in [3.05, 3.63) is 250 Å². The van der Waals surface area contributed by atoms with Gasteiger partial charge in [0.1, 0.15) is 0 Å². The molecule has 2 aromatic heterocycles. The molecule has 0 unspecified atom stereocenters. The van der Waals surface area contributed by atoms with Gasteiger partial charge in [-0.1, -0.05) is 169 Å². The molecule has 6 heteroatoms. The molecule has 0 fully saturated rings. The predicted molar refractivity (Wildman–Crippen MR) is 232 cm³/mol. The Labute approximate surface area is 341 Å². The Balaban J connectivity index is 0.000000172.